The summed E-state index contributed by atoms with van der Waals surface area (Å²) in [5.74, 6) is 3.00. The molecule has 26 heavy (non-hydrogen) atoms. The molecule has 3 rings (SSSR count). The van der Waals surface area contributed by atoms with E-state index in [-0.39, 0.29) is 0 Å². The van der Waals surface area contributed by atoms with Gasteiger partial charge in [-0.1, -0.05) is 36.8 Å². The van der Waals surface area contributed by atoms with Crippen molar-refractivity contribution in [3.63, 3.8) is 0 Å². The molecule has 1 atom stereocenters. The minimum atomic E-state index is 0.380. The fraction of sp³-hybridized carbons (Fsp3) is 0.316. The smallest absolute Gasteiger partial charge is 0.216 e. The number of furan rings is 1. The van der Waals surface area contributed by atoms with Crippen LogP contribution in [0.4, 0.5) is 0 Å². The van der Waals surface area contributed by atoms with Gasteiger partial charge in [0.1, 0.15) is 5.82 Å². The summed E-state index contributed by atoms with van der Waals surface area (Å²) < 4.78 is 5.29. The number of guanidine groups is 1. The number of aromatic amines is 1. The summed E-state index contributed by atoms with van der Waals surface area (Å²) in [6.07, 6.45) is 1.60. The third-order valence-corrected chi connectivity index (χ3v) is 4.14. The highest BCUT2D eigenvalue weighted by Gasteiger charge is 2.10. The molecular formula is C19H24N6O. The first-order valence-electron chi connectivity index (χ1n) is 8.62. The van der Waals surface area contributed by atoms with Crippen LogP contribution in [-0.2, 0) is 6.54 Å². The summed E-state index contributed by atoms with van der Waals surface area (Å²) >= 11 is 0. The predicted octanol–water partition coefficient (Wildman–Crippen LogP) is 2.84. The van der Waals surface area contributed by atoms with E-state index < -0.39 is 0 Å². The van der Waals surface area contributed by atoms with E-state index in [2.05, 4.69) is 68.9 Å². The maximum atomic E-state index is 5.29. The van der Waals surface area contributed by atoms with Gasteiger partial charge in [0.25, 0.3) is 0 Å². The summed E-state index contributed by atoms with van der Waals surface area (Å²) in [7, 11) is 1.75. The maximum absolute atomic E-state index is 5.29. The SMILES string of the molecule is CN=C(NCc1nc(-c2ccco2)n[nH]1)NCC(C)c1ccc(C)cc1. The molecule has 0 aliphatic carbocycles. The van der Waals surface area contributed by atoms with Crippen molar-refractivity contribution in [3.8, 4) is 11.6 Å². The lowest BCUT2D eigenvalue weighted by Gasteiger charge is -2.16. The van der Waals surface area contributed by atoms with Crippen LogP contribution in [0.5, 0.6) is 0 Å². The molecule has 0 fully saturated rings. The number of aliphatic imine (C=N–C) groups is 1. The lowest BCUT2D eigenvalue weighted by molar-refractivity contribution is 0.577. The van der Waals surface area contributed by atoms with Gasteiger partial charge in [0.05, 0.1) is 12.8 Å². The van der Waals surface area contributed by atoms with Gasteiger partial charge in [-0.15, -0.1) is 5.10 Å². The van der Waals surface area contributed by atoms with E-state index in [1.54, 1.807) is 13.3 Å². The molecule has 0 saturated carbocycles. The van der Waals surface area contributed by atoms with E-state index in [9.17, 15) is 0 Å². The van der Waals surface area contributed by atoms with Crippen molar-refractivity contribution in [1.29, 1.82) is 0 Å². The first-order valence-corrected chi connectivity index (χ1v) is 8.62. The Hall–Kier alpha value is -3.09. The minimum absolute atomic E-state index is 0.380. The monoisotopic (exact) mass is 352 g/mol. The number of nitrogens with one attached hydrogen (secondary N) is 3. The van der Waals surface area contributed by atoms with Crippen LogP contribution in [0, 0.1) is 6.92 Å². The normalized spacial score (nSPS) is 12.8. The second-order valence-corrected chi connectivity index (χ2v) is 6.20. The number of rotatable bonds is 6. The average molecular weight is 352 g/mol. The Kier molecular flexibility index (Phi) is 5.68. The van der Waals surface area contributed by atoms with Crippen LogP contribution in [0.2, 0.25) is 0 Å². The van der Waals surface area contributed by atoms with Crippen LogP contribution in [0.1, 0.15) is 29.8 Å². The van der Waals surface area contributed by atoms with Gasteiger partial charge in [-0.3, -0.25) is 10.1 Å². The standard InChI is InChI=1S/C19H24N6O/c1-13-6-8-15(9-7-13)14(2)11-21-19(20-3)22-12-17-23-18(25-24-17)16-5-4-10-26-16/h4-10,14H,11-12H2,1-3H3,(H2,20,21,22)(H,23,24,25). The Morgan fingerprint density at radius 2 is 2.04 bits per heavy atom. The van der Waals surface area contributed by atoms with Crippen molar-refractivity contribution in [2.24, 2.45) is 4.99 Å². The highest BCUT2D eigenvalue weighted by Crippen LogP contribution is 2.15. The zero-order chi connectivity index (χ0) is 18.4. The lowest BCUT2D eigenvalue weighted by Crippen LogP contribution is -2.38. The Balaban J connectivity index is 1.50. The molecule has 3 aromatic rings. The van der Waals surface area contributed by atoms with Crippen LogP contribution in [0.3, 0.4) is 0 Å². The minimum Gasteiger partial charge on any atom is -0.461 e. The number of H-pyrrole nitrogens is 1. The van der Waals surface area contributed by atoms with Gasteiger partial charge in [-0.25, -0.2) is 4.98 Å². The number of hydrogen-bond acceptors (Lipinski definition) is 4. The molecule has 0 bridgehead atoms. The molecule has 0 saturated heterocycles. The molecule has 0 aliphatic rings. The van der Waals surface area contributed by atoms with E-state index in [4.69, 9.17) is 4.42 Å². The number of hydrogen-bond donors (Lipinski definition) is 3. The van der Waals surface area contributed by atoms with E-state index in [0.29, 0.717) is 29.9 Å². The topological polar surface area (TPSA) is 91.1 Å². The second kappa shape index (κ2) is 8.33. The van der Waals surface area contributed by atoms with E-state index in [0.717, 1.165) is 12.5 Å². The molecule has 136 valence electrons. The van der Waals surface area contributed by atoms with Crippen molar-refractivity contribution in [1.82, 2.24) is 25.8 Å². The molecule has 3 N–H and O–H groups in total. The molecule has 2 aromatic heterocycles. The van der Waals surface area contributed by atoms with E-state index in [1.165, 1.54) is 11.1 Å². The van der Waals surface area contributed by atoms with Crippen LogP contribution in [0.25, 0.3) is 11.6 Å². The molecule has 0 amide bonds. The van der Waals surface area contributed by atoms with Gasteiger partial charge in [-0.05, 0) is 30.5 Å². The lowest BCUT2D eigenvalue weighted by atomic mass is 10.0. The Labute approximate surface area is 153 Å². The molecule has 0 radical (unpaired) electrons. The molecular weight excluding hydrogens is 328 g/mol. The number of aromatic nitrogens is 3. The first kappa shape index (κ1) is 17.7. The largest absolute Gasteiger partial charge is 0.461 e. The highest BCUT2D eigenvalue weighted by atomic mass is 16.3. The third-order valence-electron chi connectivity index (χ3n) is 4.14. The Bertz CT molecular complexity index is 835. The van der Waals surface area contributed by atoms with Gasteiger partial charge in [0.15, 0.2) is 11.7 Å². The molecule has 0 spiro atoms. The van der Waals surface area contributed by atoms with Gasteiger partial charge in [-0.2, -0.15) is 0 Å². The summed E-state index contributed by atoms with van der Waals surface area (Å²) in [6.45, 7) is 5.57. The van der Waals surface area contributed by atoms with E-state index in [1.807, 2.05) is 12.1 Å². The van der Waals surface area contributed by atoms with Gasteiger partial charge in [0.2, 0.25) is 5.82 Å². The van der Waals surface area contributed by atoms with Crippen molar-refractivity contribution in [3.05, 3.63) is 59.6 Å². The number of nitrogens with zero attached hydrogens (tertiary/aromatic N) is 3. The first-order chi connectivity index (χ1) is 12.7. The highest BCUT2D eigenvalue weighted by molar-refractivity contribution is 5.79. The van der Waals surface area contributed by atoms with Crippen molar-refractivity contribution >= 4 is 5.96 Å². The van der Waals surface area contributed by atoms with Crippen LogP contribution >= 0.6 is 0 Å². The summed E-state index contributed by atoms with van der Waals surface area (Å²) in [6, 6.07) is 12.3. The third kappa shape index (κ3) is 4.50. The fourth-order valence-corrected chi connectivity index (χ4v) is 2.54. The second-order valence-electron chi connectivity index (χ2n) is 6.20. The van der Waals surface area contributed by atoms with Crippen LogP contribution in [-0.4, -0.2) is 34.7 Å². The molecule has 7 heteroatoms. The summed E-state index contributed by atoms with van der Waals surface area (Å²) in [5.41, 5.74) is 2.57. The molecule has 0 aliphatic heterocycles. The van der Waals surface area contributed by atoms with Crippen LogP contribution in [0.15, 0.2) is 52.1 Å². The molecule has 1 aromatic carbocycles. The van der Waals surface area contributed by atoms with Gasteiger partial charge >= 0.3 is 0 Å². The molecule has 1 unspecified atom stereocenters. The Morgan fingerprint density at radius 1 is 1.23 bits per heavy atom. The summed E-state index contributed by atoms with van der Waals surface area (Å²) in [5, 5.41) is 13.6. The van der Waals surface area contributed by atoms with Crippen molar-refractivity contribution < 1.29 is 4.42 Å². The maximum Gasteiger partial charge on any atom is 0.216 e. The predicted molar refractivity (Wildman–Crippen MR) is 102 cm³/mol. The number of benzene rings is 1. The molecule has 2 heterocycles. The Morgan fingerprint density at radius 3 is 2.73 bits per heavy atom. The molecule has 7 nitrogen and oxygen atoms in total. The number of aryl methyl sites for hydroxylation is 1. The van der Waals surface area contributed by atoms with E-state index >= 15 is 0 Å². The van der Waals surface area contributed by atoms with Gasteiger partial charge < -0.3 is 15.1 Å². The zero-order valence-electron chi connectivity index (χ0n) is 15.3. The van der Waals surface area contributed by atoms with Crippen molar-refractivity contribution in [2.75, 3.05) is 13.6 Å². The van der Waals surface area contributed by atoms with Crippen LogP contribution < -0.4 is 10.6 Å². The van der Waals surface area contributed by atoms with Crippen molar-refractivity contribution in [2.45, 2.75) is 26.3 Å². The summed E-state index contributed by atoms with van der Waals surface area (Å²) in [4.78, 5) is 8.66. The zero-order valence-corrected chi connectivity index (χ0v) is 15.3. The van der Waals surface area contributed by atoms with Gasteiger partial charge in [0, 0.05) is 13.6 Å². The quantitative estimate of drug-likeness (QED) is 0.469. The fourth-order valence-electron chi connectivity index (χ4n) is 2.54. The average Bonchev–Trinajstić information content (AvgIpc) is 3.34.